The zero-order valence-electron chi connectivity index (χ0n) is 13.3. The molecule has 9 heteroatoms. The number of esters is 2. The van der Waals surface area contributed by atoms with Crippen LogP contribution < -0.4 is 0 Å². The van der Waals surface area contributed by atoms with Crippen molar-refractivity contribution < 1.29 is 44.3 Å². The van der Waals surface area contributed by atoms with E-state index >= 15 is 0 Å². The molecular formula is C14H24O9. The normalized spacial score (nSPS) is 14.0. The molecule has 0 heterocycles. The van der Waals surface area contributed by atoms with E-state index in [0.29, 0.717) is 6.42 Å². The maximum Gasteiger partial charge on any atom is 0.339 e. The van der Waals surface area contributed by atoms with Gasteiger partial charge >= 0.3 is 23.9 Å². The number of ether oxygens (including phenoxy) is 2. The summed E-state index contributed by atoms with van der Waals surface area (Å²) in [7, 11) is 0. The van der Waals surface area contributed by atoms with Crippen LogP contribution >= 0.6 is 0 Å². The van der Waals surface area contributed by atoms with Crippen LogP contribution in [0.3, 0.4) is 0 Å². The monoisotopic (exact) mass is 336 g/mol. The Labute approximate surface area is 133 Å². The average molecular weight is 336 g/mol. The third-order valence-corrected chi connectivity index (χ3v) is 2.80. The van der Waals surface area contributed by atoms with Gasteiger partial charge in [0.25, 0.3) is 0 Å². The minimum Gasteiger partial charge on any atom is -0.481 e. The van der Waals surface area contributed by atoms with Gasteiger partial charge in [-0.05, 0) is 6.42 Å². The molecule has 0 spiro atoms. The van der Waals surface area contributed by atoms with Gasteiger partial charge in [-0.25, -0.2) is 4.79 Å². The lowest BCUT2D eigenvalue weighted by molar-refractivity contribution is -0.308. The van der Waals surface area contributed by atoms with E-state index in [1.807, 2.05) is 6.92 Å². The first-order valence-electron chi connectivity index (χ1n) is 7.28. The van der Waals surface area contributed by atoms with Crippen LogP contribution in [-0.2, 0) is 23.9 Å². The minimum absolute atomic E-state index is 0.0203. The second kappa shape index (κ2) is 9.43. The Hall–Kier alpha value is -1.71. The van der Waals surface area contributed by atoms with E-state index in [1.165, 1.54) is 0 Å². The van der Waals surface area contributed by atoms with Gasteiger partial charge in [-0.2, -0.15) is 0 Å². The maximum absolute atomic E-state index is 11.9. The van der Waals surface area contributed by atoms with Crippen molar-refractivity contribution in [1.29, 1.82) is 0 Å². The Bertz CT molecular complexity index is 413. The van der Waals surface area contributed by atoms with Crippen molar-refractivity contribution in [2.45, 2.75) is 63.9 Å². The molecule has 0 saturated heterocycles. The second-order valence-electron chi connectivity index (χ2n) is 5.38. The molecule has 9 nitrogen and oxygen atoms in total. The number of carboxylic acids is 1. The first-order valence-corrected chi connectivity index (χ1v) is 7.28. The summed E-state index contributed by atoms with van der Waals surface area (Å²) in [4.78, 5) is 34.1. The fraction of sp³-hybridized carbons (Fsp3) is 0.786. The predicted octanol–water partition coefficient (Wildman–Crippen LogP) is -0.0927. The summed E-state index contributed by atoms with van der Waals surface area (Å²) < 4.78 is 8.93. The molecule has 1 unspecified atom stereocenters. The number of carboxylic acid groups (broad SMARTS) is 1. The molecule has 0 aliphatic heterocycles. The fourth-order valence-corrected chi connectivity index (χ4v) is 1.78. The predicted molar refractivity (Wildman–Crippen MR) is 75.9 cm³/mol. The highest BCUT2D eigenvalue weighted by Crippen LogP contribution is 2.20. The highest BCUT2D eigenvalue weighted by Gasteiger charge is 2.43. The van der Waals surface area contributed by atoms with Crippen molar-refractivity contribution >= 4 is 17.9 Å². The quantitative estimate of drug-likeness (QED) is 0.230. The van der Waals surface area contributed by atoms with E-state index in [-0.39, 0.29) is 6.61 Å². The van der Waals surface area contributed by atoms with Gasteiger partial charge in [0.1, 0.15) is 0 Å². The van der Waals surface area contributed by atoms with Gasteiger partial charge in [-0.3, -0.25) is 9.59 Å². The molecule has 0 bridgehead atoms. The summed E-state index contributed by atoms with van der Waals surface area (Å²) in [5.74, 6) is -6.96. The standard InChI is InChI=1S/C14H24O9/c1-3-4-5-6-7-22-12(18)14(21,8-10(15)16)9-11(17)23-13(2,19)20/h19-21H,3-9H2,1-2H3,(H,15,16). The lowest BCUT2D eigenvalue weighted by Crippen LogP contribution is -2.45. The van der Waals surface area contributed by atoms with Gasteiger partial charge in [-0.15, -0.1) is 0 Å². The van der Waals surface area contributed by atoms with Gasteiger partial charge in [0, 0.05) is 6.92 Å². The smallest absolute Gasteiger partial charge is 0.339 e. The third-order valence-electron chi connectivity index (χ3n) is 2.80. The molecule has 0 amide bonds. The largest absolute Gasteiger partial charge is 0.481 e. The van der Waals surface area contributed by atoms with Crippen LogP contribution in [0.5, 0.6) is 0 Å². The van der Waals surface area contributed by atoms with Crippen molar-refractivity contribution in [3.8, 4) is 0 Å². The molecule has 0 aromatic carbocycles. The van der Waals surface area contributed by atoms with Crippen LogP contribution in [0.1, 0.15) is 52.4 Å². The molecule has 134 valence electrons. The number of aliphatic carboxylic acids is 1. The molecule has 0 fully saturated rings. The van der Waals surface area contributed by atoms with Gasteiger partial charge in [-0.1, -0.05) is 26.2 Å². The summed E-state index contributed by atoms with van der Waals surface area (Å²) in [6.07, 6.45) is 1.10. The van der Waals surface area contributed by atoms with Crippen LogP contribution in [0.25, 0.3) is 0 Å². The summed E-state index contributed by atoms with van der Waals surface area (Å²) in [6.45, 7) is 2.72. The molecule has 1 atom stereocenters. The number of carbonyl (C=O) groups is 3. The van der Waals surface area contributed by atoms with Crippen LogP contribution in [0.4, 0.5) is 0 Å². The van der Waals surface area contributed by atoms with Crippen LogP contribution in [0.15, 0.2) is 0 Å². The molecule has 0 rings (SSSR count). The van der Waals surface area contributed by atoms with Gasteiger partial charge in [0.05, 0.1) is 19.4 Å². The summed E-state index contributed by atoms with van der Waals surface area (Å²) in [5.41, 5.74) is -2.64. The fourth-order valence-electron chi connectivity index (χ4n) is 1.78. The lowest BCUT2D eigenvalue weighted by atomic mass is 9.95. The van der Waals surface area contributed by atoms with E-state index in [1.54, 1.807) is 0 Å². The van der Waals surface area contributed by atoms with E-state index in [4.69, 9.17) is 20.1 Å². The first-order chi connectivity index (χ1) is 10.5. The van der Waals surface area contributed by atoms with E-state index in [0.717, 1.165) is 26.2 Å². The van der Waals surface area contributed by atoms with Crippen molar-refractivity contribution in [2.24, 2.45) is 0 Å². The topological polar surface area (TPSA) is 151 Å². The molecule has 0 aromatic rings. The van der Waals surface area contributed by atoms with Crippen molar-refractivity contribution in [3.63, 3.8) is 0 Å². The minimum atomic E-state index is -2.80. The molecule has 0 radical (unpaired) electrons. The number of hydrogen-bond donors (Lipinski definition) is 4. The van der Waals surface area contributed by atoms with Gasteiger partial charge in [0.2, 0.25) is 0 Å². The first kappa shape index (κ1) is 21.3. The van der Waals surface area contributed by atoms with Crippen molar-refractivity contribution in [3.05, 3.63) is 0 Å². The third kappa shape index (κ3) is 9.82. The van der Waals surface area contributed by atoms with Crippen LogP contribution in [-0.4, -0.2) is 56.5 Å². The Balaban J connectivity index is 4.72. The summed E-state index contributed by atoms with van der Waals surface area (Å²) in [5, 5.41) is 36.7. The highest BCUT2D eigenvalue weighted by molar-refractivity contribution is 5.89. The van der Waals surface area contributed by atoms with Crippen LogP contribution in [0, 0.1) is 0 Å². The highest BCUT2D eigenvalue weighted by atomic mass is 16.8. The van der Waals surface area contributed by atoms with E-state index < -0.39 is 42.3 Å². The molecule has 23 heavy (non-hydrogen) atoms. The summed E-state index contributed by atoms with van der Waals surface area (Å²) >= 11 is 0. The van der Waals surface area contributed by atoms with Gasteiger partial charge < -0.3 is 29.9 Å². The lowest BCUT2D eigenvalue weighted by Gasteiger charge is -2.25. The zero-order chi connectivity index (χ0) is 18.1. The Kier molecular flexibility index (Phi) is 8.73. The second-order valence-corrected chi connectivity index (χ2v) is 5.38. The number of unbranched alkanes of at least 4 members (excludes halogenated alkanes) is 3. The number of aliphatic hydroxyl groups is 3. The average Bonchev–Trinajstić information content (AvgIpc) is 2.34. The zero-order valence-corrected chi connectivity index (χ0v) is 13.3. The van der Waals surface area contributed by atoms with Crippen LogP contribution in [0.2, 0.25) is 0 Å². The summed E-state index contributed by atoms with van der Waals surface area (Å²) in [6, 6.07) is 0. The maximum atomic E-state index is 11.9. The van der Waals surface area contributed by atoms with E-state index in [2.05, 4.69) is 4.74 Å². The molecule has 0 saturated carbocycles. The van der Waals surface area contributed by atoms with E-state index in [9.17, 15) is 19.5 Å². The molecular weight excluding hydrogens is 312 g/mol. The molecule has 0 aromatic heterocycles. The molecule has 0 aliphatic carbocycles. The number of rotatable bonds is 11. The Morgan fingerprint density at radius 2 is 1.61 bits per heavy atom. The van der Waals surface area contributed by atoms with Gasteiger partial charge in [0.15, 0.2) is 5.60 Å². The van der Waals surface area contributed by atoms with Crippen molar-refractivity contribution in [1.82, 2.24) is 0 Å². The Morgan fingerprint density at radius 3 is 2.09 bits per heavy atom. The molecule has 4 N–H and O–H groups in total. The SMILES string of the molecule is CCCCCCOC(=O)C(O)(CC(=O)O)CC(=O)OC(C)(O)O. The number of carbonyl (C=O) groups excluding carboxylic acids is 2. The van der Waals surface area contributed by atoms with Crippen molar-refractivity contribution in [2.75, 3.05) is 6.61 Å². The number of hydrogen-bond acceptors (Lipinski definition) is 8. The Morgan fingerprint density at radius 1 is 1.00 bits per heavy atom. The molecule has 0 aliphatic rings.